The maximum Gasteiger partial charge on any atom is 0.254 e. The summed E-state index contributed by atoms with van der Waals surface area (Å²) in [6.07, 6.45) is 1.60. The molecule has 1 heterocycles. The molecule has 3 rings (SSSR count). The maximum atomic E-state index is 12.0. The Morgan fingerprint density at radius 2 is 2.07 bits per heavy atom. The minimum atomic E-state index is -0.151. The van der Waals surface area contributed by atoms with E-state index in [1.54, 1.807) is 18.3 Å². The Morgan fingerprint density at radius 3 is 2.77 bits per heavy atom. The molecule has 0 unspecified atom stereocenters. The molecular formula is C20H19BrCl2IN3O3. The lowest BCUT2D eigenvalue weighted by Gasteiger charge is -2.25. The molecule has 0 radical (unpaired) electrons. The standard InChI is InChI=1S/C20H19BrCl2IN3O3/c21-16-7-13(10-25-26-19(28)11-27-3-5-29-6-4-27)8-18(24)20(16)30-12-14-1-2-15(22)9-17(14)23/h1-2,7-10H,3-6,11-12H2,(H,26,28)/b25-10+. The van der Waals surface area contributed by atoms with Gasteiger partial charge in [-0.2, -0.15) is 5.10 Å². The molecule has 0 atom stereocenters. The number of ether oxygens (including phenoxy) is 2. The number of amides is 1. The number of carbonyl (C=O) groups excluding carboxylic acids is 1. The Bertz CT molecular complexity index is 917. The number of halogens is 4. The van der Waals surface area contributed by atoms with Crippen LogP contribution in [-0.4, -0.2) is 49.9 Å². The molecule has 0 saturated carbocycles. The van der Waals surface area contributed by atoms with Gasteiger partial charge in [0.1, 0.15) is 12.4 Å². The van der Waals surface area contributed by atoms with Crippen molar-refractivity contribution < 1.29 is 14.3 Å². The lowest BCUT2D eigenvalue weighted by Crippen LogP contribution is -2.42. The molecule has 0 aliphatic carbocycles. The van der Waals surface area contributed by atoms with Crippen molar-refractivity contribution >= 4 is 73.8 Å². The van der Waals surface area contributed by atoms with Crippen LogP contribution < -0.4 is 10.2 Å². The summed E-state index contributed by atoms with van der Waals surface area (Å²) in [5.41, 5.74) is 4.24. The summed E-state index contributed by atoms with van der Waals surface area (Å²) in [6, 6.07) is 9.10. The molecule has 30 heavy (non-hydrogen) atoms. The molecule has 0 aromatic heterocycles. The number of hydrogen-bond acceptors (Lipinski definition) is 5. The molecular weight excluding hydrogens is 608 g/mol. The van der Waals surface area contributed by atoms with Gasteiger partial charge in [0.05, 0.1) is 34.0 Å². The number of morpholine rings is 1. The van der Waals surface area contributed by atoms with Gasteiger partial charge in [-0.1, -0.05) is 29.3 Å². The van der Waals surface area contributed by atoms with Crippen LogP contribution in [0.4, 0.5) is 0 Å². The number of hydrogen-bond donors (Lipinski definition) is 1. The monoisotopic (exact) mass is 625 g/mol. The van der Waals surface area contributed by atoms with Gasteiger partial charge in [0.15, 0.2) is 0 Å². The predicted molar refractivity (Wildman–Crippen MR) is 131 cm³/mol. The van der Waals surface area contributed by atoms with Gasteiger partial charge in [0.25, 0.3) is 5.91 Å². The lowest BCUT2D eigenvalue weighted by molar-refractivity contribution is -0.123. The summed E-state index contributed by atoms with van der Waals surface area (Å²) in [5.74, 6) is 0.553. The summed E-state index contributed by atoms with van der Waals surface area (Å²) in [6.45, 7) is 3.44. The Morgan fingerprint density at radius 1 is 1.30 bits per heavy atom. The number of hydrazone groups is 1. The largest absolute Gasteiger partial charge is 0.487 e. The van der Waals surface area contributed by atoms with Crippen molar-refractivity contribution in [2.45, 2.75) is 6.61 Å². The zero-order valence-electron chi connectivity index (χ0n) is 15.8. The molecule has 160 valence electrons. The van der Waals surface area contributed by atoms with Crippen LogP contribution in [0.3, 0.4) is 0 Å². The lowest BCUT2D eigenvalue weighted by atomic mass is 10.2. The molecule has 2 aromatic carbocycles. The van der Waals surface area contributed by atoms with Crippen molar-refractivity contribution in [2.24, 2.45) is 5.10 Å². The molecule has 10 heteroatoms. The van der Waals surface area contributed by atoms with E-state index in [9.17, 15) is 4.79 Å². The third-order valence-corrected chi connectivity index (χ3v) is 6.26. The Kier molecular flexibility index (Phi) is 9.21. The molecule has 1 fully saturated rings. The van der Waals surface area contributed by atoms with Crippen LogP contribution in [0, 0.1) is 3.57 Å². The van der Waals surface area contributed by atoms with Crippen LogP contribution in [0.5, 0.6) is 5.75 Å². The fourth-order valence-electron chi connectivity index (χ4n) is 2.76. The van der Waals surface area contributed by atoms with Crippen molar-refractivity contribution in [2.75, 3.05) is 32.8 Å². The SMILES string of the molecule is O=C(CN1CCOCC1)N/N=C/c1cc(Br)c(OCc2ccc(Cl)cc2Cl)c(I)c1. The van der Waals surface area contributed by atoms with E-state index in [1.807, 2.05) is 23.1 Å². The predicted octanol–water partition coefficient (Wildman–Crippen LogP) is 4.72. The van der Waals surface area contributed by atoms with Crippen molar-refractivity contribution in [1.82, 2.24) is 10.3 Å². The summed E-state index contributed by atoms with van der Waals surface area (Å²) in [5, 5.41) is 5.20. The first kappa shape index (κ1) is 23.7. The van der Waals surface area contributed by atoms with Gasteiger partial charge in [-0.05, 0) is 68.3 Å². The normalized spacial score (nSPS) is 14.8. The van der Waals surface area contributed by atoms with E-state index in [1.165, 1.54) is 0 Å². The zero-order valence-corrected chi connectivity index (χ0v) is 21.1. The molecule has 1 aliphatic rings. The second-order valence-corrected chi connectivity index (χ2v) is 9.38. The van der Waals surface area contributed by atoms with E-state index < -0.39 is 0 Å². The molecule has 1 N–H and O–H groups in total. The van der Waals surface area contributed by atoms with E-state index in [4.69, 9.17) is 32.7 Å². The summed E-state index contributed by atoms with van der Waals surface area (Å²) in [7, 11) is 0. The molecule has 0 spiro atoms. The second-order valence-electron chi connectivity index (χ2n) is 6.52. The van der Waals surface area contributed by atoms with Crippen molar-refractivity contribution in [1.29, 1.82) is 0 Å². The minimum Gasteiger partial charge on any atom is -0.487 e. The van der Waals surface area contributed by atoms with Crippen molar-refractivity contribution in [3.05, 3.63) is 59.5 Å². The van der Waals surface area contributed by atoms with E-state index in [2.05, 4.69) is 49.0 Å². The second kappa shape index (κ2) is 11.6. The number of benzene rings is 2. The van der Waals surface area contributed by atoms with Crippen LogP contribution in [0.2, 0.25) is 10.0 Å². The summed E-state index contributed by atoms with van der Waals surface area (Å²) in [4.78, 5) is 14.0. The average Bonchev–Trinajstić information content (AvgIpc) is 2.69. The Labute approximate surface area is 207 Å². The van der Waals surface area contributed by atoms with E-state index in [0.29, 0.717) is 42.2 Å². The molecule has 2 aromatic rings. The Balaban J connectivity index is 1.56. The third kappa shape index (κ3) is 7.06. The van der Waals surface area contributed by atoms with Gasteiger partial charge in [0, 0.05) is 28.7 Å². The first-order valence-corrected chi connectivity index (χ1v) is 11.7. The summed E-state index contributed by atoms with van der Waals surface area (Å²) < 4.78 is 12.9. The highest BCUT2D eigenvalue weighted by molar-refractivity contribution is 14.1. The van der Waals surface area contributed by atoms with Crippen LogP contribution in [0.1, 0.15) is 11.1 Å². The molecule has 6 nitrogen and oxygen atoms in total. The summed E-state index contributed by atoms with van der Waals surface area (Å²) >= 11 is 17.9. The van der Waals surface area contributed by atoms with Crippen LogP contribution in [0.15, 0.2) is 39.9 Å². The number of nitrogens with zero attached hydrogens (tertiary/aromatic N) is 2. The van der Waals surface area contributed by atoms with Gasteiger partial charge >= 0.3 is 0 Å². The third-order valence-electron chi connectivity index (χ3n) is 4.28. The zero-order chi connectivity index (χ0) is 21.5. The smallest absolute Gasteiger partial charge is 0.254 e. The van der Waals surface area contributed by atoms with Gasteiger partial charge in [-0.15, -0.1) is 0 Å². The van der Waals surface area contributed by atoms with Gasteiger partial charge < -0.3 is 9.47 Å². The van der Waals surface area contributed by atoms with Crippen LogP contribution >= 0.6 is 61.7 Å². The first-order chi connectivity index (χ1) is 14.4. The van der Waals surface area contributed by atoms with Gasteiger partial charge in [-0.3, -0.25) is 9.69 Å². The van der Waals surface area contributed by atoms with E-state index >= 15 is 0 Å². The minimum absolute atomic E-state index is 0.151. The highest BCUT2D eigenvalue weighted by atomic mass is 127. The number of carbonyl (C=O) groups is 1. The maximum absolute atomic E-state index is 12.0. The highest BCUT2D eigenvalue weighted by Crippen LogP contribution is 2.33. The number of rotatable bonds is 7. The van der Waals surface area contributed by atoms with Crippen molar-refractivity contribution in [3.63, 3.8) is 0 Å². The topological polar surface area (TPSA) is 63.2 Å². The van der Waals surface area contributed by atoms with Crippen LogP contribution in [-0.2, 0) is 16.1 Å². The Hall–Kier alpha value is -0.910. The fraction of sp³-hybridized carbons (Fsp3) is 0.300. The molecule has 1 saturated heterocycles. The van der Waals surface area contributed by atoms with E-state index in [0.717, 1.165) is 32.3 Å². The van der Waals surface area contributed by atoms with Crippen LogP contribution in [0.25, 0.3) is 0 Å². The quantitative estimate of drug-likeness (QED) is 0.275. The van der Waals surface area contributed by atoms with E-state index in [-0.39, 0.29) is 5.91 Å². The molecule has 1 aliphatic heterocycles. The number of nitrogens with one attached hydrogen (secondary N) is 1. The average molecular weight is 627 g/mol. The molecule has 1 amide bonds. The van der Waals surface area contributed by atoms with Crippen molar-refractivity contribution in [3.8, 4) is 5.75 Å². The fourth-order valence-corrected chi connectivity index (χ4v) is 4.99. The highest BCUT2D eigenvalue weighted by Gasteiger charge is 2.14. The first-order valence-electron chi connectivity index (χ1n) is 9.10. The molecule has 0 bridgehead atoms. The van der Waals surface area contributed by atoms with Gasteiger partial charge in [-0.25, -0.2) is 5.43 Å². The van der Waals surface area contributed by atoms with Gasteiger partial charge in [0.2, 0.25) is 0 Å².